The molecule has 182 valence electrons. The van der Waals surface area contributed by atoms with Crippen LogP contribution in [-0.4, -0.2) is 19.2 Å². The highest BCUT2D eigenvalue weighted by Crippen LogP contribution is 2.31. The number of allylic oxidation sites excluding steroid dienone is 1. The zero-order chi connectivity index (χ0) is 25.4. The Morgan fingerprint density at radius 2 is 1.80 bits per heavy atom. The Bertz CT molecular complexity index is 1440. The lowest BCUT2D eigenvalue weighted by atomic mass is 9.99. The topological polar surface area (TPSA) is 64.1 Å². The van der Waals surface area contributed by atoms with Crippen molar-refractivity contribution < 1.29 is 26.4 Å². The molecule has 0 N–H and O–H groups in total. The molecule has 1 aromatic heterocycles. The maximum Gasteiger partial charge on any atom is 0.416 e. The fourth-order valence-electron chi connectivity index (χ4n) is 4.14. The van der Waals surface area contributed by atoms with Crippen molar-refractivity contribution in [1.29, 1.82) is 0 Å². The van der Waals surface area contributed by atoms with Crippen LogP contribution < -0.4 is 0 Å². The molecular weight excluding hydrogens is 475 g/mol. The van der Waals surface area contributed by atoms with E-state index in [1.165, 1.54) is 6.07 Å². The molecule has 2 aromatic carbocycles. The number of Topliss-reactive ketones (excluding diaryl/α,β-unsaturated/α-hetero) is 1. The van der Waals surface area contributed by atoms with Crippen molar-refractivity contribution in [3.8, 4) is 0 Å². The average molecular weight is 500 g/mol. The largest absolute Gasteiger partial charge is 0.416 e. The van der Waals surface area contributed by atoms with Crippen LogP contribution >= 0.6 is 0 Å². The summed E-state index contributed by atoms with van der Waals surface area (Å²) in [6.45, 7) is 3.48. The number of benzene rings is 2. The minimum atomic E-state index is -4.61. The highest BCUT2D eigenvalue weighted by molar-refractivity contribution is 7.90. The molecule has 0 fully saturated rings. The van der Waals surface area contributed by atoms with Crippen LogP contribution in [0.4, 0.5) is 13.2 Å². The van der Waals surface area contributed by atoms with Gasteiger partial charge in [0, 0.05) is 18.2 Å². The molecular formula is C27H24F3NO3S. The Kier molecular flexibility index (Phi) is 6.68. The van der Waals surface area contributed by atoms with Gasteiger partial charge in [-0.15, -0.1) is 0 Å². The maximum absolute atomic E-state index is 13.0. The average Bonchev–Trinajstić information content (AvgIpc) is 3.23. The summed E-state index contributed by atoms with van der Waals surface area (Å²) in [5.41, 5.74) is 5.07. The number of hydrogen-bond donors (Lipinski definition) is 0. The summed E-state index contributed by atoms with van der Waals surface area (Å²) in [6, 6.07) is 11.2. The summed E-state index contributed by atoms with van der Waals surface area (Å²) in [4.78, 5) is 15.8. The molecule has 0 bridgehead atoms. The van der Waals surface area contributed by atoms with Gasteiger partial charge in [-0.25, -0.2) is 8.42 Å². The summed E-state index contributed by atoms with van der Waals surface area (Å²) < 4.78 is 64.7. The van der Waals surface area contributed by atoms with Crippen molar-refractivity contribution in [2.24, 2.45) is 0 Å². The van der Waals surface area contributed by atoms with E-state index in [9.17, 15) is 26.4 Å². The van der Waals surface area contributed by atoms with Gasteiger partial charge in [0.15, 0.2) is 15.6 Å². The van der Waals surface area contributed by atoms with Crippen LogP contribution in [0.2, 0.25) is 0 Å². The number of pyridine rings is 1. The number of aromatic nitrogens is 1. The van der Waals surface area contributed by atoms with Crippen LogP contribution in [0.3, 0.4) is 0 Å². The second kappa shape index (κ2) is 9.41. The summed E-state index contributed by atoms with van der Waals surface area (Å²) in [5, 5.41) is 0. The normalized spacial score (nSPS) is 13.5. The second-order valence-electron chi connectivity index (χ2n) is 8.83. The fourth-order valence-corrected chi connectivity index (χ4v) is 5.52. The van der Waals surface area contributed by atoms with Gasteiger partial charge in [0.25, 0.3) is 0 Å². The third kappa shape index (κ3) is 5.70. The SMILES string of the molecule is CC(=O)C1=Cc2cc(CCc3cc(CS(=O)(=O)c4cccc(C(F)(F)F)c4)ccc3C)cnc2C1. The number of hydrogen-bond acceptors (Lipinski definition) is 4. The van der Waals surface area contributed by atoms with E-state index in [0.717, 1.165) is 45.7 Å². The van der Waals surface area contributed by atoms with Gasteiger partial charge in [-0.1, -0.05) is 24.3 Å². The Morgan fingerprint density at radius 1 is 1.03 bits per heavy atom. The van der Waals surface area contributed by atoms with Gasteiger partial charge < -0.3 is 0 Å². The van der Waals surface area contributed by atoms with Crippen LogP contribution in [0.25, 0.3) is 6.08 Å². The predicted octanol–water partition coefficient (Wildman–Crippen LogP) is 5.70. The minimum Gasteiger partial charge on any atom is -0.295 e. The molecule has 0 amide bonds. The van der Waals surface area contributed by atoms with Crippen molar-refractivity contribution in [2.75, 3.05) is 0 Å². The van der Waals surface area contributed by atoms with Crippen molar-refractivity contribution in [3.63, 3.8) is 0 Å². The Labute approximate surface area is 202 Å². The first-order chi connectivity index (χ1) is 16.4. The zero-order valence-electron chi connectivity index (χ0n) is 19.3. The summed E-state index contributed by atoms with van der Waals surface area (Å²) >= 11 is 0. The first-order valence-electron chi connectivity index (χ1n) is 11.1. The molecule has 0 spiro atoms. The van der Waals surface area contributed by atoms with Crippen LogP contribution in [0.1, 0.15) is 46.0 Å². The summed E-state index contributed by atoms with van der Waals surface area (Å²) in [7, 11) is -3.96. The van der Waals surface area contributed by atoms with E-state index >= 15 is 0 Å². The third-order valence-electron chi connectivity index (χ3n) is 6.17. The number of alkyl halides is 3. The van der Waals surface area contributed by atoms with Gasteiger partial charge in [-0.2, -0.15) is 13.2 Å². The molecule has 0 saturated heterocycles. The van der Waals surface area contributed by atoms with Gasteiger partial charge in [0.05, 0.1) is 21.9 Å². The van der Waals surface area contributed by atoms with Crippen LogP contribution in [0, 0.1) is 6.92 Å². The number of fused-ring (bicyclic) bond motifs is 1. The highest BCUT2D eigenvalue weighted by atomic mass is 32.2. The van der Waals surface area contributed by atoms with E-state index < -0.39 is 21.6 Å². The van der Waals surface area contributed by atoms with E-state index in [4.69, 9.17) is 0 Å². The molecule has 0 radical (unpaired) electrons. The molecule has 0 unspecified atom stereocenters. The standard InChI is InChI=1S/C27H24F3NO3S/c1-17-6-7-20(16-35(33,34)25-5-3-4-24(14-25)27(28,29)30)11-21(17)9-8-19-10-23-12-22(18(2)32)13-26(23)31-15-19/h3-7,10-12,14-15H,8-9,13,16H2,1-2H3. The van der Waals surface area contributed by atoms with Crippen LogP contribution in [0.5, 0.6) is 0 Å². The van der Waals surface area contributed by atoms with Crippen LogP contribution in [0.15, 0.2) is 65.2 Å². The molecule has 4 rings (SSSR count). The zero-order valence-corrected chi connectivity index (χ0v) is 20.1. The lowest BCUT2D eigenvalue weighted by Crippen LogP contribution is -2.09. The van der Waals surface area contributed by atoms with Gasteiger partial charge in [0.1, 0.15) is 0 Å². The van der Waals surface area contributed by atoms with Gasteiger partial charge in [0.2, 0.25) is 0 Å². The van der Waals surface area contributed by atoms with E-state index in [1.807, 2.05) is 25.1 Å². The van der Waals surface area contributed by atoms with Crippen molar-refractivity contribution in [3.05, 3.63) is 99.4 Å². The molecule has 3 aromatic rings. The van der Waals surface area contributed by atoms with Crippen molar-refractivity contribution in [2.45, 2.75) is 49.9 Å². The first-order valence-corrected chi connectivity index (χ1v) is 12.8. The summed E-state index contributed by atoms with van der Waals surface area (Å²) in [5.74, 6) is -0.349. The first kappa shape index (κ1) is 24.9. The van der Waals surface area contributed by atoms with Gasteiger partial charge in [-0.3, -0.25) is 9.78 Å². The van der Waals surface area contributed by atoms with Crippen molar-refractivity contribution in [1.82, 2.24) is 4.98 Å². The van der Waals surface area contributed by atoms with E-state index in [2.05, 4.69) is 4.98 Å². The molecule has 1 aliphatic rings. The number of sulfone groups is 1. The Balaban J connectivity index is 1.50. The van der Waals surface area contributed by atoms with E-state index in [1.54, 1.807) is 25.3 Å². The monoisotopic (exact) mass is 499 g/mol. The third-order valence-corrected chi connectivity index (χ3v) is 7.86. The van der Waals surface area contributed by atoms with Crippen LogP contribution in [-0.2, 0) is 45.8 Å². The number of halogens is 3. The van der Waals surface area contributed by atoms with E-state index in [0.29, 0.717) is 30.9 Å². The molecule has 0 atom stereocenters. The summed E-state index contributed by atoms with van der Waals surface area (Å²) in [6.07, 6.45) is 0.928. The molecule has 1 aliphatic carbocycles. The second-order valence-corrected chi connectivity index (χ2v) is 10.8. The Morgan fingerprint density at radius 3 is 2.51 bits per heavy atom. The number of aryl methyl sites for hydroxylation is 3. The van der Waals surface area contributed by atoms with Gasteiger partial charge >= 0.3 is 6.18 Å². The van der Waals surface area contributed by atoms with Crippen molar-refractivity contribution >= 4 is 21.7 Å². The number of nitrogens with zero attached hydrogens (tertiary/aromatic N) is 1. The molecule has 8 heteroatoms. The van der Waals surface area contributed by atoms with Gasteiger partial charge in [-0.05, 0) is 84.8 Å². The highest BCUT2D eigenvalue weighted by Gasteiger charge is 2.31. The lowest BCUT2D eigenvalue weighted by Gasteiger charge is -2.12. The molecule has 1 heterocycles. The lowest BCUT2D eigenvalue weighted by molar-refractivity contribution is -0.137. The molecule has 0 aliphatic heterocycles. The molecule has 4 nitrogen and oxygen atoms in total. The smallest absolute Gasteiger partial charge is 0.295 e. The number of carbonyl (C=O) groups is 1. The minimum absolute atomic E-state index is 0.0390. The fraction of sp³-hybridized carbons (Fsp3) is 0.259. The number of ketones is 1. The number of rotatable bonds is 7. The molecule has 35 heavy (non-hydrogen) atoms. The predicted molar refractivity (Wildman–Crippen MR) is 128 cm³/mol. The molecule has 0 saturated carbocycles. The maximum atomic E-state index is 13.0. The quantitative estimate of drug-likeness (QED) is 0.419. The Hall–Kier alpha value is -3.26. The number of carbonyl (C=O) groups excluding carboxylic acids is 1. The van der Waals surface area contributed by atoms with E-state index in [-0.39, 0.29) is 16.4 Å².